The van der Waals surface area contributed by atoms with Gasteiger partial charge in [0.05, 0.1) is 28.6 Å². The molecule has 3 aromatic carbocycles. The third-order valence-electron chi connectivity index (χ3n) is 6.00. The number of hydrogen-bond acceptors (Lipinski definition) is 8. The predicted molar refractivity (Wildman–Crippen MR) is 148 cm³/mol. The van der Waals surface area contributed by atoms with Gasteiger partial charge in [-0.3, -0.25) is 29.4 Å². The Hall–Kier alpha value is -4.64. The van der Waals surface area contributed by atoms with Gasteiger partial charge in [-0.25, -0.2) is 0 Å². The van der Waals surface area contributed by atoms with Crippen LogP contribution in [0.4, 0.5) is 16.2 Å². The summed E-state index contributed by atoms with van der Waals surface area (Å²) in [6.07, 6.45) is 1.24. The van der Waals surface area contributed by atoms with Gasteiger partial charge in [-0.2, -0.15) is 0 Å². The average Bonchev–Trinajstić information content (AvgIpc) is 3.17. The average molecular weight is 548 g/mol. The lowest BCUT2D eigenvalue weighted by molar-refractivity contribution is -0.385. The first-order valence-electron chi connectivity index (χ1n) is 11.8. The molecule has 1 aliphatic heterocycles. The van der Waals surface area contributed by atoms with E-state index < -0.39 is 28.5 Å². The monoisotopic (exact) mass is 547 g/mol. The number of aryl methyl sites for hydroxylation is 2. The number of nitro groups is 1. The van der Waals surface area contributed by atoms with Crippen LogP contribution in [0.2, 0.25) is 0 Å². The lowest BCUT2D eigenvalue weighted by Crippen LogP contribution is -2.36. The van der Waals surface area contributed by atoms with Crippen LogP contribution >= 0.6 is 11.8 Å². The molecule has 0 aromatic heterocycles. The Kier molecular flexibility index (Phi) is 8.30. The Bertz CT molecular complexity index is 1490. The van der Waals surface area contributed by atoms with Crippen LogP contribution in [-0.2, 0) is 16.2 Å². The number of carbonyl (C=O) groups excluding carboxylic acids is 3. The molecule has 11 heteroatoms. The van der Waals surface area contributed by atoms with E-state index in [1.165, 1.54) is 25.3 Å². The molecule has 10 nitrogen and oxygen atoms in total. The molecule has 200 valence electrons. The first-order valence-corrected chi connectivity index (χ1v) is 12.6. The van der Waals surface area contributed by atoms with E-state index in [4.69, 9.17) is 9.47 Å². The molecule has 0 spiro atoms. The summed E-state index contributed by atoms with van der Waals surface area (Å²) in [6, 6.07) is 17.2. The fraction of sp³-hybridized carbons (Fsp3) is 0.179. The zero-order valence-corrected chi connectivity index (χ0v) is 22.2. The normalized spacial score (nSPS) is 14.0. The van der Waals surface area contributed by atoms with Crippen molar-refractivity contribution < 1.29 is 28.8 Å². The largest absolute Gasteiger partial charge is 0.493 e. The number of nitrogens with one attached hydrogen (secondary N) is 1. The van der Waals surface area contributed by atoms with Crippen LogP contribution in [0.25, 0.3) is 6.08 Å². The van der Waals surface area contributed by atoms with Gasteiger partial charge in [0.1, 0.15) is 13.2 Å². The quantitative estimate of drug-likeness (QED) is 0.212. The van der Waals surface area contributed by atoms with Crippen molar-refractivity contribution in [3.8, 4) is 11.5 Å². The molecular weight excluding hydrogens is 522 g/mol. The molecule has 0 bridgehead atoms. The van der Waals surface area contributed by atoms with Gasteiger partial charge < -0.3 is 14.8 Å². The Balaban J connectivity index is 1.54. The zero-order chi connectivity index (χ0) is 28.1. The molecule has 3 amide bonds. The number of methoxy groups -OCH3 is 1. The zero-order valence-electron chi connectivity index (χ0n) is 21.4. The number of benzene rings is 3. The molecule has 0 aliphatic carbocycles. The van der Waals surface area contributed by atoms with Gasteiger partial charge in [-0.1, -0.05) is 36.4 Å². The van der Waals surface area contributed by atoms with Crippen LogP contribution in [0.5, 0.6) is 11.5 Å². The molecule has 0 atom stereocenters. The number of anilines is 1. The molecule has 4 rings (SSSR count). The first kappa shape index (κ1) is 27.4. The topological polar surface area (TPSA) is 128 Å². The van der Waals surface area contributed by atoms with Crippen LogP contribution in [-0.4, -0.2) is 40.5 Å². The number of nitrogens with zero attached hydrogens (tertiary/aromatic N) is 2. The Morgan fingerprint density at radius 1 is 1.05 bits per heavy atom. The minimum Gasteiger partial charge on any atom is -0.493 e. The fourth-order valence-corrected chi connectivity index (χ4v) is 4.62. The number of amides is 3. The number of rotatable bonds is 9. The fourth-order valence-electron chi connectivity index (χ4n) is 3.79. The summed E-state index contributed by atoms with van der Waals surface area (Å²) in [5, 5.41) is 13.9. The SMILES string of the molecule is COc1cc(/C=C2/SC(=O)N(CC(=O)Nc3ccc(C)c(C)c3)C2=O)c([N+](=O)[O-])cc1OCc1ccccc1. The predicted octanol–water partition coefficient (Wildman–Crippen LogP) is 5.47. The van der Waals surface area contributed by atoms with Crippen molar-refractivity contribution in [3.63, 3.8) is 0 Å². The highest BCUT2D eigenvalue weighted by Crippen LogP contribution is 2.39. The number of thioether (sulfide) groups is 1. The summed E-state index contributed by atoms with van der Waals surface area (Å²) < 4.78 is 11.1. The smallest absolute Gasteiger partial charge is 0.294 e. The molecule has 39 heavy (non-hydrogen) atoms. The van der Waals surface area contributed by atoms with E-state index in [2.05, 4.69) is 5.32 Å². The molecule has 1 N–H and O–H groups in total. The van der Waals surface area contributed by atoms with Crippen LogP contribution in [0, 0.1) is 24.0 Å². The second kappa shape index (κ2) is 11.8. The lowest BCUT2D eigenvalue weighted by atomic mass is 10.1. The number of imide groups is 1. The van der Waals surface area contributed by atoms with Crippen molar-refractivity contribution in [3.05, 3.63) is 97.9 Å². The molecule has 0 saturated carbocycles. The summed E-state index contributed by atoms with van der Waals surface area (Å²) in [4.78, 5) is 50.1. The van der Waals surface area contributed by atoms with E-state index in [-0.39, 0.29) is 34.3 Å². The van der Waals surface area contributed by atoms with Crippen molar-refractivity contribution in [2.75, 3.05) is 19.0 Å². The molecule has 1 fully saturated rings. The maximum absolute atomic E-state index is 13.0. The van der Waals surface area contributed by atoms with E-state index in [1.54, 1.807) is 12.1 Å². The minimum atomic E-state index is -0.724. The van der Waals surface area contributed by atoms with Crippen molar-refractivity contribution in [2.45, 2.75) is 20.5 Å². The Labute approximate surface area is 228 Å². The van der Waals surface area contributed by atoms with Gasteiger partial charge in [-0.05, 0) is 66.6 Å². The van der Waals surface area contributed by atoms with Gasteiger partial charge in [-0.15, -0.1) is 0 Å². The highest BCUT2D eigenvalue weighted by atomic mass is 32.2. The second-order valence-corrected chi connectivity index (χ2v) is 9.70. The molecule has 1 saturated heterocycles. The maximum atomic E-state index is 13.0. The standard InChI is InChI=1S/C28H25N3O7S/c1-17-9-10-21(11-18(17)2)29-26(32)15-30-27(33)25(39-28(30)34)13-20-12-23(37-3)24(14-22(20)31(35)36)38-16-19-7-5-4-6-8-19/h4-14H,15-16H2,1-3H3,(H,29,32)/b25-13+. The molecular formula is C28H25N3O7S. The number of carbonyl (C=O) groups is 3. The molecule has 0 unspecified atom stereocenters. The van der Waals surface area contributed by atoms with E-state index in [0.717, 1.165) is 21.6 Å². The summed E-state index contributed by atoms with van der Waals surface area (Å²) >= 11 is 0.599. The molecule has 1 aliphatic rings. The van der Waals surface area contributed by atoms with Crippen molar-refractivity contribution >= 4 is 46.3 Å². The summed E-state index contributed by atoms with van der Waals surface area (Å²) in [5.41, 5.74) is 3.16. The van der Waals surface area contributed by atoms with Crippen molar-refractivity contribution in [1.29, 1.82) is 0 Å². The number of hydrogen-bond donors (Lipinski definition) is 1. The molecule has 3 aromatic rings. The van der Waals surface area contributed by atoms with Crippen molar-refractivity contribution in [1.82, 2.24) is 4.90 Å². The van der Waals surface area contributed by atoms with Gasteiger partial charge in [0, 0.05) is 5.69 Å². The summed E-state index contributed by atoms with van der Waals surface area (Å²) in [7, 11) is 1.39. The van der Waals surface area contributed by atoms with Crippen LogP contribution in [0.1, 0.15) is 22.3 Å². The second-order valence-electron chi connectivity index (χ2n) is 8.71. The van der Waals surface area contributed by atoms with E-state index in [0.29, 0.717) is 17.4 Å². The summed E-state index contributed by atoms with van der Waals surface area (Å²) in [6.45, 7) is 3.52. The van der Waals surface area contributed by atoms with E-state index >= 15 is 0 Å². The Morgan fingerprint density at radius 3 is 2.46 bits per heavy atom. The number of ether oxygens (including phenoxy) is 2. The third-order valence-corrected chi connectivity index (χ3v) is 6.91. The molecule has 0 radical (unpaired) electrons. The van der Waals surface area contributed by atoms with Gasteiger partial charge in [0.2, 0.25) is 5.91 Å². The first-order chi connectivity index (χ1) is 18.7. The Morgan fingerprint density at radius 2 is 1.79 bits per heavy atom. The van der Waals surface area contributed by atoms with Gasteiger partial charge in [0.15, 0.2) is 11.5 Å². The van der Waals surface area contributed by atoms with E-state index in [9.17, 15) is 24.5 Å². The number of nitro benzene ring substituents is 1. The van der Waals surface area contributed by atoms with Crippen LogP contribution in [0.15, 0.2) is 65.6 Å². The highest BCUT2D eigenvalue weighted by molar-refractivity contribution is 8.18. The van der Waals surface area contributed by atoms with Crippen LogP contribution < -0.4 is 14.8 Å². The van der Waals surface area contributed by atoms with Crippen LogP contribution in [0.3, 0.4) is 0 Å². The summed E-state index contributed by atoms with van der Waals surface area (Å²) in [5.74, 6) is -0.900. The highest BCUT2D eigenvalue weighted by Gasteiger charge is 2.37. The molecule has 1 heterocycles. The van der Waals surface area contributed by atoms with E-state index in [1.807, 2.05) is 50.2 Å². The van der Waals surface area contributed by atoms with Gasteiger partial charge in [0.25, 0.3) is 16.8 Å². The maximum Gasteiger partial charge on any atom is 0.294 e. The lowest BCUT2D eigenvalue weighted by Gasteiger charge is -2.13. The third kappa shape index (κ3) is 6.44. The van der Waals surface area contributed by atoms with Gasteiger partial charge >= 0.3 is 0 Å². The minimum absolute atomic E-state index is 0.0500. The van der Waals surface area contributed by atoms with Crippen molar-refractivity contribution in [2.24, 2.45) is 0 Å².